The number of halogens is 1. The van der Waals surface area contributed by atoms with Crippen molar-refractivity contribution < 1.29 is 14.3 Å². The Bertz CT molecular complexity index is 1260. The Kier molecular flexibility index (Phi) is 5.02. The van der Waals surface area contributed by atoms with E-state index in [1.54, 1.807) is 24.3 Å². The van der Waals surface area contributed by atoms with Gasteiger partial charge in [-0.3, -0.25) is 4.79 Å². The largest absolute Gasteiger partial charge is 0.454 e. The van der Waals surface area contributed by atoms with Crippen molar-refractivity contribution in [2.45, 2.75) is 5.16 Å². The van der Waals surface area contributed by atoms with Crippen LogP contribution in [0.3, 0.4) is 0 Å². The van der Waals surface area contributed by atoms with Crippen LogP contribution in [0.2, 0.25) is 5.02 Å². The smallest absolute Gasteiger partial charge is 0.231 e. The fourth-order valence-electron chi connectivity index (χ4n) is 3.24. The molecule has 0 N–H and O–H groups in total. The van der Waals surface area contributed by atoms with Crippen molar-refractivity contribution >= 4 is 40.0 Å². The van der Waals surface area contributed by atoms with Crippen LogP contribution in [-0.2, 0) is 0 Å². The Labute approximate surface area is 182 Å². The molecule has 1 aromatic heterocycles. The molecule has 0 atom stereocenters. The first-order valence-corrected chi connectivity index (χ1v) is 10.6. The second-order valence-corrected chi connectivity index (χ2v) is 8.04. The molecule has 1 aliphatic rings. The third-order valence-corrected chi connectivity index (χ3v) is 5.79. The van der Waals surface area contributed by atoms with Gasteiger partial charge in [0.2, 0.25) is 6.79 Å². The number of aromatic nitrogens is 2. The number of rotatable bonds is 5. The van der Waals surface area contributed by atoms with Gasteiger partial charge in [0, 0.05) is 21.5 Å². The van der Waals surface area contributed by atoms with Gasteiger partial charge in [0.15, 0.2) is 22.4 Å². The summed E-state index contributed by atoms with van der Waals surface area (Å²) in [7, 11) is 0. The van der Waals surface area contributed by atoms with Gasteiger partial charge in [-0.15, -0.1) is 0 Å². The monoisotopic (exact) mass is 434 g/mol. The zero-order chi connectivity index (χ0) is 20.5. The average Bonchev–Trinajstić information content (AvgIpc) is 3.25. The van der Waals surface area contributed by atoms with E-state index in [1.807, 2.05) is 42.5 Å². The van der Waals surface area contributed by atoms with Crippen LogP contribution in [-0.4, -0.2) is 28.3 Å². The van der Waals surface area contributed by atoms with Gasteiger partial charge >= 0.3 is 0 Å². The molecule has 0 radical (unpaired) electrons. The summed E-state index contributed by atoms with van der Waals surface area (Å²) in [5, 5.41) is 2.04. The number of fused-ring (bicyclic) bond motifs is 2. The normalized spacial score (nSPS) is 12.3. The van der Waals surface area contributed by atoms with E-state index in [-0.39, 0.29) is 18.3 Å². The first kappa shape index (κ1) is 18.9. The van der Waals surface area contributed by atoms with Crippen LogP contribution in [0.4, 0.5) is 0 Å². The highest BCUT2D eigenvalue weighted by molar-refractivity contribution is 7.99. The molecule has 0 aliphatic carbocycles. The minimum Gasteiger partial charge on any atom is -0.454 e. The lowest BCUT2D eigenvalue weighted by atomic mass is 10.1. The van der Waals surface area contributed by atoms with Crippen LogP contribution in [0.1, 0.15) is 10.4 Å². The summed E-state index contributed by atoms with van der Waals surface area (Å²) in [4.78, 5) is 22.0. The lowest BCUT2D eigenvalue weighted by Crippen LogP contribution is -2.03. The molecule has 2 heterocycles. The number of carbonyl (C=O) groups is 1. The van der Waals surface area contributed by atoms with Crippen molar-refractivity contribution in [2.24, 2.45) is 0 Å². The fraction of sp³-hybridized carbons (Fsp3) is 0.0870. The molecule has 0 bridgehead atoms. The highest BCUT2D eigenvalue weighted by Gasteiger charge is 2.17. The van der Waals surface area contributed by atoms with Gasteiger partial charge < -0.3 is 9.47 Å². The number of benzene rings is 3. The Morgan fingerprint density at radius 3 is 2.67 bits per heavy atom. The maximum absolute atomic E-state index is 12.7. The van der Waals surface area contributed by atoms with Crippen LogP contribution < -0.4 is 9.47 Å². The van der Waals surface area contributed by atoms with Gasteiger partial charge in [0.05, 0.1) is 17.0 Å². The Morgan fingerprint density at radius 2 is 1.80 bits per heavy atom. The van der Waals surface area contributed by atoms with E-state index in [0.717, 1.165) is 22.2 Å². The molecule has 4 aromatic rings. The van der Waals surface area contributed by atoms with Crippen molar-refractivity contribution in [1.29, 1.82) is 0 Å². The topological polar surface area (TPSA) is 61.3 Å². The molecule has 1 aliphatic heterocycles. The van der Waals surface area contributed by atoms with E-state index in [4.69, 9.17) is 26.1 Å². The van der Waals surface area contributed by atoms with Crippen LogP contribution in [0.15, 0.2) is 71.9 Å². The predicted molar refractivity (Wildman–Crippen MR) is 118 cm³/mol. The number of hydrogen-bond acceptors (Lipinski definition) is 6. The second-order valence-electron chi connectivity index (χ2n) is 6.66. The van der Waals surface area contributed by atoms with E-state index in [1.165, 1.54) is 11.8 Å². The zero-order valence-electron chi connectivity index (χ0n) is 15.7. The first-order chi connectivity index (χ1) is 14.7. The molecular weight excluding hydrogens is 420 g/mol. The summed E-state index contributed by atoms with van der Waals surface area (Å²) >= 11 is 7.51. The number of thioether (sulfide) groups is 1. The molecule has 0 saturated heterocycles. The third kappa shape index (κ3) is 3.72. The van der Waals surface area contributed by atoms with Crippen molar-refractivity contribution in [3.63, 3.8) is 0 Å². The second kappa shape index (κ2) is 7.97. The SMILES string of the molecule is O=C(CSc1nc(-c2ccccc2)c2cc(Cl)ccc2n1)c1ccc2c(c1)OCO2. The molecule has 30 heavy (non-hydrogen) atoms. The predicted octanol–water partition coefficient (Wildman–Crippen LogP) is 5.65. The van der Waals surface area contributed by atoms with Crippen LogP contribution in [0, 0.1) is 0 Å². The number of ketones is 1. The molecule has 0 unspecified atom stereocenters. The Hall–Kier alpha value is -3.09. The molecule has 0 amide bonds. The molecule has 5 rings (SSSR count). The molecule has 0 saturated carbocycles. The maximum atomic E-state index is 12.7. The van der Waals surface area contributed by atoms with E-state index < -0.39 is 0 Å². The summed E-state index contributed by atoms with van der Waals surface area (Å²) in [6.45, 7) is 0.180. The summed E-state index contributed by atoms with van der Waals surface area (Å²) in [5.74, 6) is 1.44. The molecule has 0 spiro atoms. The van der Waals surface area contributed by atoms with Gasteiger partial charge in [0.1, 0.15) is 0 Å². The number of carbonyl (C=O) groups excluding carboxylic acids is 1. The highest BCUT2D eigenvalue weighted by atomic mass is 35.5. The van der Waals surface area contributed by atoms with E-state index in [9.17, 15) is 4.79 Å². The van der Waals surface area contributed by atoms with Gasteiger partial charge in [-0.05, 0) is 36.4 Å². The van der Waals surface area contributed by atoms with E-state index in [0.29, 0.717) is 27.2 Å². The Balaban J connectivity index is 1.44. The number of hydrogen-bond donors (Lipinski definition) is 0. The maximum Gasteiger partial charge on any atom is 0.231 e. The standard InChI is InChI=1S/C23H15ClN2O3S/c24-16-7-8-18-17(11-16)22(14-4-2-1-3-5-14)26-23(25-18)30-12-19(27)15-6-9-20-21(10-15)29-13-28-20/h1-11H,12-13H2. The van der Waals surface area contributed by atoms with Crippen molar-refractivity contribution in [1.82, 2.24) is 9.97 Å². The van der Waals surface area contributed by atoms with E-state index in [2.05, 4.69) is 4.98 Å². The molecule has 5 nitrogen and oxygen atoms in total. The molecular formula is C23H15ClN2O3S. The Morgan fingerprint density at radius 1 is 0.967 bits per heavy atom. The number of ether oxygens (including phenoxy) is 2. The minimum absolute atomic E-state index is 0.0284. The van der Waals surface area contributed by atoms with Crippen LogP contribution >= 0.6 is 23.4 Å². The van der Waals surface area contributed by atoms with Crippen molar-refractivity contribution in [3.8, 4) is 22.8 Å². The van der Waals surface area contributed by atoms with Gasteiger partial charge in [-0.1, -0.05) is 53.7 Å². The van der Waals surface area contributed by atoms with Gasteiger partial charge in [-0.2, -0.15) is 0 Å². The summed E-state index contributed by atoms with van der Waals surface area (Å²) in [5.41, 5.74) is 3.12. The average molecular weight is 435 g/mol. The molecule has 3 aromatic carbocycles. The first-order valence-electron chi connectivity index (χ1n) is 9.26. The van der Waals surface area contributed by atoms with Crippen LogP contribution in [0.25, 0.3) is 22.2 Å². The quantitative estimate of drug-likeness (QED) is 0.229. The lowest BCUT2D eigenvalue weighted by molar-refractivity contribution is 0.102. The van der Waals surface area contributed by atoms with Gasteiger partial charge in [-0.25, -0.2) is 9.97 Å². The number of Topliss-reactive ketones (excluding diaryl/α,β-unsaturated/α-hetero) is 1. The van der Waals surface area contributed by atoms with Gasteiger partial charge in [0.25, 0.3) is 0 Å². The van der Waals surface area contributed by atoms with Crippen molar-refractivity contribution in [2.75, 3.05) is 12.5 Å². The molecule has 7 heteroatoms. The minimum atomic E-state index is -0.0284. The summed E-state index contributed by atoms with van der Waals surface area (Å²) < 4.78 is 10.7. The van der Waals surface area contributed by atoms with Crippen LogP contribution in [0.5, 0.6) is 11.5 Å². The lowest BCUT2D eigenvalue weighted by Gasteiger charge is -2.09. The van der Waals surface area contributed by atoms with E-state index >= 15 is 0 Å². The number of nitrogens with zero attached hydrogens (tertiary/aromatic N) is 2. The third-order valence-electron chi connectivity index (χ3n) is 4.71. The van der Waals surface area contributed by atoms with Crippen molar-refractivity contribution in [3.05, 3.63) is 77.3 Å². The molecule has 0 fully saturated rings. The zero-order valence-corrected chi connectivity index (χ0v) is 17.2. The fourth-order valence-corrected chi connectivity index (χ4v) is 4.16. The summed E-state index contributed by atoms with van der Waals surface area (Å²) in [6, 6.07) is 20.6. The molecule has 148 valence electrons. The highest BCUT2D eigenvalue weighted by Crippen LogP contribution is 2.34. The summed E-state index contributed by atoms with van der Waals surface area (Å²) in [6.07, 6.45) is 0.